The van der Waals surface area contributed by atoms with Gasteiger partial charge >= 0.3 is 31.3 Å². The summed E-state index contributed by atoms with van der Waals surface area (Å²) in [5.41, 5.74) is -9.62. The third-order valence-corrected chi connectivity index (χ3v) is 9.59. The molecule has 0 aromatic heterocycles. The second-order valence-corrected chi connectivity index (χ2v) is 14.6. The lowest BCUT2D eigenvalue weighted by atomic mass is 9.72. The van der Waals surface area contributed by atoms with E-state index in [4.69, 9.17) is 0 Å². The van der Waals surface area contributed by atoms with E-state index in [0.29, 0.717) is 24.0 Å². The maximum Gasteiger partial charge on any atom is 0.534 e. The van der Waals surface area contributed by atoms with E-state index < -0.39 is 59.0 Å². The molecule has 0 bridgehead atoms. The van der Waals surface area contributed by atoms with Crippen LogP contribution in [0.5, 0.6) is 11.5 Å². The van der Waals surface area contributed by atoms with Gasteiger partial charge in [-0.15, -0.1) is 0 Å². The lowest BCUT2D eigenvalue weighted by molar-refractivity contribution is -0.0513. The molecule has 2 aromatic carbocycles. The van der Waals surface area contributed by atoms with E-state index in [9.17, 15) is 43.2 Å². The van der Waals surface area contributed by atoms with Crippen molar-refractivity contribution >= 4 is 20.2 Å². The van der Waals surface area contributed by atoms with E-state index in [-0.39, 0.29) is 0 Å². The molecule has 0 radical (unpaired) electrons. The van der Waals surface area contributed by atoms with Crippen molar-refractivity contribution in [1.82, 2.24) is 0 Å². The fourth-order valence-electron chi connectivity index (χ4n) is 6.04. The monoisotopic (exact) mass is 600 g/mol. The third kappa shape index (κ3) is 4.56. The molecule has 4 rings (SSSR count). The van der Waals surface area contributed by atoms with Crippen molar-refractivity contribution in [1.29, 1.82) is 0 Å². The van der Waals surface area contributed by atoms with Crippen LogP contribution in [0, 0.1) is 13.8 Å². The van der Waals surface area contributed by atoms with Crippen molar-refractivity contribution in [2.24, 2.45) is 0 Å². The van der Waals surface area contributed by atoms with Crippen LogP contribution in [0.25, 0.3) is 0 Å². The number of hydrogen-bond acceptors (Lipinski definition) is 6. The summed E-state index contributed by atoms with van der Waals surface area (Å²) in [4.78, 5) is 0. The Hall–Kier alpha value is -2.48. The van der Waals surface area contributed by atoms with Gasteiger partial charge in [-0.25, -0.2) is 0 Å². The lowest BCUT2D eigenvalue weighted by Gasteiger charge is -2.31. The summed E-state index contributed by atoms with van der Waals surface area (Å²) in [6.07, 6.45) is 0.802. The molecular formula is C25H26F6O6S2. The maximum atomic E-state index is 13.2. The van der Waals surface area contributed by atoms with Crippen LogP contribution < -0.4 is 8.37 Å². The highest BCUT2D eigenvalue weighted by Crippen LogP contribution is 2.64. The summed E-state index contributed by atoms with van der Waals surface area (Å²) in [5, 5.41) is 0. The Morgan fingerprint density at radius 1 is 0.615 bits per heavy atom. The summed E-state index contributed by atoms with van der Waals surface area (Å²) in [5.74, 6) is -2.63. The fraction of sp³-hybridized carbons (Fsp3) is 0.520. The molecule has 1 unspecified atom stereocenters. The van der Waals surface area contributed by atoms with Gasteiger partial charge in [0.15, 0.2) is 11.5 Å². The van der Waals surface area contributed by atoms with Crippen LogP contribution in [0.2, 0.25) is 0 Å². The predicted octanol–water partition coefficient (Wildman–Crippen LogP) is 6.41. The molecule has 0 saturated heterocycles. The third-order valence-electron chi connectivity index (χ3n) is 7.66. The molecule has 0 N–H and O–H groups in total. The molecule has 0 saturated carbocycles. The van der Waals surface area contributed by atoms with Crippen LogP contribution in [-0.4, -0.2) is 27.9 Å². The molecule has 2 aliphatic carbocycles. The van der Waals surface area contributed by atoms with Crippen LogP contribution >= 0.6 is 0 Å². The van der Waals surface area contributed by atoms with Gasteiger partial charge in [0.25, 0.3) is 0 Å². The first kappa shape index (κ1) is 29.5. The standard InChI is InChI=1S/C25H26F6O6S2/c1-13-7-15-17(8-14(13)2)23(11-21(15,3)4)12-22(5,6)16-9-19(36-38(32,33)24(26,27)28)20(10-18(16)23)37-39(34,35)25(29,30)31/h7-10H,11-12H2,1-6H3. The number of alkyl halides is 6. The highest BCUT2D eigenvalue weighted by molar-refractivity contribution is 7.88. The van der Waals surface area contributed by atoms with E-state index in [2.05, 4.69) is 8.37 Å². The van der Waals surface area contributed by atoms with Gasteiger partial charge in [-0.1, -0.05) is 39.8 Å². The van der Waals surface area contributed by atoms with Gasteiger partial charge in [-0.2, -0.15) is 43.2 Å². The molecule has 0 fully saturated rings. The molecular weight excluding hydrogens is 574 g/mol. The Kier molecular flexibility index (Phi) is 6.26. The molecule has 2 aliphatic rings. The second-order valence-electron chi connectivity index (χ2n) is 11.5. The lowest BCUT2D eigenvalue weighted by Crippen LogP contribution is -2.30. The maximum absolute atomic E-state index is 13.2. The van der Waals surface area contributed by atoms with Crippen LogP contribution in [0.1, 0.15) is 73.9 Å². The summed E-state index contributed by atoms with van der Waals surface area (Å²) < 4.78 is 135. The van der Waals surface area contributed by atoms with Crippen molar-refractivity contribution in [3.05, 3.63) is 57.6 Å². The second kappa shape index (κ2) is 8.27. The normalized spacial score (nSPS) is 22.1. The van der Waals surface area contributed by atoms with Gasteiger partial charge in [-0.05, 0) is 83.0 Å². The molecule has 14 heteroatoms. The van der Waals surface area contributed by atoms with E-state index in [0.717, 1.165) is 34.4 Å². The molecule has 0 aliphatic heterocycles. The van der Waals surface area contributed by atoms with Crippen molar-refractivity contribution in [2.75, 3.05) is 0 Å². The van der Waals surface area contributed by atoms with Crippen molar-refractivity contribution in [3.63, 3.8) is 0 Å². The molecule has 0 amide bonds. The number of halogens is 6. The van der Waals surface area contributed by atoms with E-state index in [1.54, 1.807) is 13.8 Å². The highest BCUT2D eigenvalue weighted by atomic mass is 32.2. The summed E-state index contributed by atoms with van der Waals surface area (Å²) >= 11 is 0. The number of hydrogen-bond donors (Lipinski definition) is 0. The fourth-order valence-corrected chi connectivity index (χ4v) is 6.96. The van der Waals surface area contributed by atoms with Crippen molar-refractivity contribution < 1.29 is 51.5 Å². The quantitative estimate of drug-likeness (QED) is 0.229. The van der Waals surface area contributed by atoms with Gasteiger partial charge < -0.3 is 8.37 Å². The topological polar surface area (TPSA) is 86.7 Å². The van der Waals surface area contributed by atoms with Gasteiger partial charge in [-0.3, -0.25) is 0 Å². The zero-order chi connectivity index (χ0) is 29.8. The summed E-state index contributed by atoms with van der Waals surface area (Å²) in [6.45, 7) is 11.3. The van der Waals surface area contributed by atoms with Crippen LogP contribution in [0.15, 0.2) is 24.3 Å². The first-order valence-electron chi connectivity index (χ1n) is 11.7. The zero-order valence-electron chi connectivity index (χ0n) is 21.8. The minimum Gasteiger partial charge on any atom is -0.372 e. The van der Waals surface area contributed by atoms with Crippen molar-refractivity contribution in [3.8, 4) is 11.5 Å². The first-order valence-corrected chi connectivity index (χ1v) is 14.5. The Balaban J connectivity index is 2.04. The average Bonchev–Trinajstić information content (AvgIpc) is 3.06. The average molecular weight is 601 g/mol. The van der Waals surface area contributed by atoms with Crippen LogP contribution in [0.4, 0.5) is 26.3 Å². The Morgan fingerprint density at radius 3 is 1.31 bits per heavy atom. The summed E-state index contributed by atoms with van der Waals surface area (Å²) in [6, 6.07) is 5.68. The summed E-state index contributed by atoms with van der Waals surface area (Å²) in [7, 11) is -12.8. The van der Waals surface area contributed by atoms with E-state index in [1.807, 2.05) is 39.8 Å². The molecule has 2 aromatic rings. The smallest absolute Gasteiger partial charge is 0.372 e. The number of fused-ring (bicyclic) bond motifs is 4. The molecule has 0 heterocycles. The SMILES string of the molecule is Cc1cc2c(cc1C)C1(CC2(C)C)CC(C)(C)c2cc(OS(=O)(=O)C(F)(F)F)c(OS(=O)(=O)C(F)(F)F)cc21. The minimum absolute atomic E-state index is 0.300. The van der Waals surface area contributed by atoms with Gasteiger partial charge in [0.1, 0.15) is 0 Å². The molecule has 1 atom stereocenters. The number of aryl methyl sites for hydroxylation is 2. The van der Waals surface area contributed by atoms with E-state index >= 15 is 0 Å². The first-order chi connectivity index (χ1) is 17.3. The Bertz CT molecular complexity index is 1590. The molecule has 1 spiro atoms. The van der Waals surface area contributed by atoms with Gasteiger partial charge in [0.2, 0.25) is 0 Å². The van der Waals surface area contributed by atoms with Crippen LogP contribution in [-0.2, 0) is 36.5 Å². The Morgan fingerprint density at radius 2 is 0.923 bits per heavy atom. The van der Waals surface area contributed by atoms with Crippen molar-refractivity contribution in [2.45, 2.75) is 81.6 Å². The van der Waals surface area contributed by atoms with Gasteiger partial charge in [0.05, 0.1) is 0 Å². The number of rotatable bonds is 4. The Labute approximate surface area is 222 Å². The highest BCUT2D eigenvalue weighted by Gasteiger charge is 2.58. The predicted molar refractivity (Wildman–Crippen MR) is 130 cm³/mol. The van der Waals surface area contributed by atoms with E-state index in [1.165, 1.54) is 0 Å². The number of benzene rings is 2. The zero-order valence-corrected chi connectivity index (χ0v) is 23.4. The molecule has 6 nitrogen and oxygen atoms in total. The largest absolute Gasteiger partial charge is 0.534 e. The minimum atomic E-state index is -6.40. The van der Waals surface area contributed by atoms with Crippen LogP contribution in [0.3, 0.4) is 0 Å². The van der Waals surface area contributed by atoms with Gasteiger partial charge in [0, 0.05) is 5.41 Å². The molecule has 216 valence electrons. The molecule has 39 heavy (non-hydrogen) atoms.